The van der Waals surface area contributed by atoms with Gasteiger partial charge in [0.1, 0.15) is 0 Å². The Morgan fingerprint density at radius 3 is 2.52 bits per heavy atom. The van der Waals surface area contributed by atoms with E-state index in [4.69, 9.17) is 4.74 Å². The number of carboxylic acids is 1. The number of benzene rings is 1. The third-order valence-electron chi connectivity index (χ3n) is 4.29. The maximum atomic E-state index is 11.5. The average Bonchev–Trinajstić information content (AvgIpc) is 2.94. The van der Waals surface area contributed by atoms with Crippen molar-refractivity contribution in [3.8, 4) is 0 Å². The third kappa shape index (κ3) is 3.44. The number of hydrogen-bond donors (Lipinski definition) is 1. The van der Waals surface area contributed by atoms with Crippen LogP contribution < -0.4 is 0 Å². The fourth-order valence-corrected chi connectivity index (χ4v) is 3.35. The second kappa shape index (κ2) is 7.05. The van der Waals surface area contributed by atoms with Crippen LogP contribution >= 0.6 is 0 Å². The van der Waals surface area contributed by atoms with E-state index in [9.17, 15) is 9.90 Å². The summed E-state index contributed by atoms with van der Waals surface area (Å²) in [5, 5.41) is 9.41. The predicted octanol–water partition coefficient (Wildman–Crippen LogP) is 2.81. The summed E-state index contributed by atoms with van der Waals surface area (Å²) in [4.78, 5) is 13.8. The van der Waals surface area contributed by atoms with Crippen LogP contribution in [0.3, 0.4) is 0 Å². The fraction of sp³-hybridized carbons (Fsp3) is 0.588. The molecule has 0 amide bonds. The van der Waals surface area contributed by atoms with Crippen molar-refractivity contribution in [1.82, 2.24) is 4.90 Å². The quantitative estimate of drug-likeness (QED) is 0.875. The van der Waals surface area contributed by atoms with Crippen molar-refractivity contribution in [2.75, 3.05) is 19.8 Å². The summed E-state index contributed by atoms with van der Waals surface area (Å²) >= 11 is 0. The van der Waals surface area contributed by atoms with Crippen molar-refractivity contribution in [2.24, 2.45) is 11.8 Å². The number of hydrogen-bond acceptors (Lipinski definition) is 3. The molecule has 21 heavy (non-hydrogen) atoms. The first-order valence-corrected chi connectivity index (χ1v) is 7.67. The molecule has 1 N–H and O–H groups in total. The maximum Gasteiger partial charge on any atom is 0.310 e. The molecule has 0 aliphatic carbocycles. The van der Waals surface area contributed by atoms with Crippen LogP contribution in [-0.2, 0) is 9.53 Å². The summed E-state index contributed by atoms with van der Waals surface area (Å²) in [5.74, 6) is -0.788. The molecule has 1 aromatic rings. The highest BCUT2D eigenvalue weighted by Gasteiger charge is 2.40. The zero-order valence-electron chi connectivity index (χ0n) is 13.0. The highest BCUT2D eigenvalue weighted by molar-refractivity contribution is 5.71. The Labute approximate surface area is 126 Å². The summed E-state index contributed by atoms with van der Waals surface area (Å²) in [7, 11) is 0. The van der Waals surface area contributed by atoms with Gasteiger partial charge in [0.25, 0.3) is 0 Å². The van der Waals surface area contributed by atoms with Gasteiger partial charge in [-0.05, 0) is 18.0 Å². The van der Waals surface area contributed by atoms with Crippen LogP contribution in [0.25, 0.3) is 0 Å². The van der Waals surface area contributed by atoms with Crippen molar-refractivity contribution in [3.63, 3.8) is 0 Å². The van der Waals surface area contributed by atoms with E-state index in [0.717, 1.165) is 6.54 Å². The van der Waals surface area contributed by atoms with Crippen molar-refractivity contribution in [3.05, 3.63) is 35.9 Å². The monoisotopic (exact) mass is 291 g/mol. The lowest BCUT2D eigenvalue weighted by molar-refractivity contribution is -0.143. The first kappa shape index (κ1) is 16.0. The van der Waals surface area contributed by atoms with E-state index >= 15 is 0 Å². The maximum absolute atomic E-state index is 11.5. The summed E-state index contributed by atoms with van der Waals surface area (Å²) in [5.41, 5.74) is 1.24. The second-order valence-corrected chi connectivity index (χ2v) is 5.98. The van der Waals surface area contributed by atoms with Crippen molar-refractivity contribution >= 4 is 5.97 Å². The average molecular weight is 291 g/mol. The standard InChI is InChI=1S/C17H25NO3/c1-4-18(15-11-21-10-14(15)17(19)20)16(12(2)3)13-8-6-5-7-9-13/h5-9,12,14-16H,4,10-11H2,1-3H3,(H,19,20). The molecule has 0 bridgehead atoms. The SMILES string of the molecule is CCN(C1COCC1C(=O)O)C(c1ccccc1)C(C)C. The number of carboxylic acid groups (broad SMARTS) is 1. The largest absolute Gasteiger partial charge is 0.481 e. The topological polar surface area (TPSA) is 49.8 Å². The van der Waals surface area contributed by atoms with Crippen molar-refractivity contribution < 1.29 is 14.6 Å². The molecular formula is C17H25NO3. The first-order valence-electron chi connectivity index (χ1n) is 7.67. The molecule has 1 fully saturated rings. The molecule has 3 atom stereocenters. The molecule has 1 aliphatic heterocycles. The molecule has 3 unspecified atom stereocenters. The van der Waals surface area contributed by atoms with Gasteiger partial charge in [-0.25, -0.2) is 0 Å². The first-order chi connectivity index (χ1) is 10.1. The van der Waals surface area contributed by atoms with Crippen LogP contribution in [0.2, 0.25) is 0 Å². The van der Waals surface area contributed by atoms with Crippen LogP contribution in [0, 0.1) is 11.8 Å². The number of nitrogens with zero attached hydrogens (tertiary/aromatic N) is 1. The van der Waals surface area contributed by atoms with Gasteiger partial charge in [-0.2, -0.15) is 0 Å². The molecule has 0 saturated carbocycles. The van der Waals surface area contributed by atoms with Crippen molar-refractivity contribution in [2.45, 2.75) is 32.9 Å². The van der Waals surface area contributed by atoms with Crippen LogP contribution in [0.1, 0.15) is 32.4 Å². The second-order valence-electron chi connectivity index (χ2n) is 5.98. The van der Waals surface area contributed by atoms with E-state index in [-0.39, 0.29) is 12.1 Å². The summed E-state index contributed by atoms with van der Waals surface area (Å²) in [6.07, 6.45) is 0. The number of rotatable bonds is 6. The van der Waals surface area contributed by atoms with Gasteiger partial charge in [-0.1, -0.05) is 51.1 Å². The molecule has 4 heteroatoms. The fourth-order valence-electron chi connectivity index (χ4n) is 3.35. The summed E-state index contributed by atoms with van der Waals surface area (Å²) < 4.78 is 5.46. The van der Waals surface area contributed by atoms with E-state index in [1.165, 1.54) is 5.56 Å². The molecule has 1 aliphatic rings. The molecule has 4 nitrogen and oxygen atoms in total. The Balaban J connectivity index is 2.30. The van der Waals surface area contributed by atoms with Gasteiger partial charge >= 0.3 is 5.97 Å². The van der Waals surface area contributed by atoms with Gasteiger partial charge < -0.3 is 9.84 Å². The van der Waals surface area contributed by atoms with E-state index in [1.54, 1.807) is 0 Å². The van der Waals surface area contributed by atoms with Crippen LogP contribution in [0.15, 0.2) is 30.3 Å². The minimum Gasteiger partial charge on any atom is -0.481 e. The Hall–Kier alpha value is -1.39. The number of likely N-dealkylation sites (N-methyl/N-ethyl adjacent to an activating group) is 1. The Morgan fingerprint density at radius 2 is 2.00 bits per heavy atom. The van der Waals surface area contributed by atoms with E-state index in [0.29, 0.717) is 19.1 Å². The number of aliphatic carboxylic acids is 1. The van der Waals surface area contributed by atoms with Gasteiger partial charge in [0.05, 0.1) is 19.1 Å². The normalized spacial score (nSPS) is 23.7. The van der Waals surface area contributed by atoms with E-state index in [2.05, 4.69) is 37.8 Å². The Kier molecular flexibility index (Phi) is 5.37. The highest BCUT2D eigenvalue weighted by atomic mass is 16.5. The molecular weight excluding hydrogens is 266 g/mol. The highest BCUT2D eigenvalue weighted by Crippen LogP contribution is 2.33. The smallest absolute Gasteiger partial charge is 0.310 e. The molecule has 0 spiro atoms. The molecule has 1 heterocycles. The number of carbonyl (C=O) groups is 1. The van der Waals surface area contributed by atoms with Gasteiger partial charge in [0, 0.05) is 12.1 Å². The lowest BCUT2D eigenvalue weighted by Crippen LogP contribution is -2.46. The molecule has 116 valence electrons. The molecule has 1 aromatic carbocycles. The minimum atomic E-state index is -0.758. The summed E-state index contributed by atoms with van der Waals surface area (Å²) in [6.45, 7) is 8.10. The van der Waals surface area contributed by atoms with E-state index < -0.39 is 11.9 Å². The lowest BCUT2D eigenvalue weighted by Gasteiger charge is -2.39. The molecule has 2 rings (SSSR count). The lowest BCUT2D eigenvalue weighted by atomic mass is 9.91. The zero-order chi connectivity index (χ0) is 15.4. The van der Waals surface area contributed by atoms with Gasteiger partial charge in [0.15, 0.2) is 0 Å². The van der Waals surface area contributed by atoms with Crippen LogP contribution in [0.5, 0.6) is 0 Å². The molecule has 0 aromatic heterocycles. The van der Waals surface area contributed by atoms with Gasteiger partial charge in [-0.15, -0.1) is 0 Å². The molecule has 0 radical (unpaired) electrons. The summed E-state index contributed by atoms with van der Waals surface area (Å²) in [6, 6.07) is 10.5. The van der Waals surface area contributed by atoms with Gasteiger partial charge in [0.2, 0.25) is 0 Å². The zero-order valence-corrected chi connectivity index (χ0v) is 13.0. The third-order valence-corrected chi connectivity index (χ3v) is 4.29. The molecule has 1 saturated heterocycles. The van der Waals surface area contributed by atoms with E-state index in [1.807, 2.05) is 18.2 Å². The Morgan fingerprint density at radius 1 is 1.33 bits per heavy atom. The Bertz CT molecular complexity index is 460. The van der Waals surface area contributed by atoms with Crippen molar-refractivity contribution in [1.29, 1.82) is 0 Å². The number of ether oxygens (including phenoxy) is 1. The predicted molar refractivity (Wildman–Crippen MR) is 82.1 cm³/mol. The van der Waals surface area contributed by atoms with Crippen LogP contribution in [0.4, 0.5) is 0 Å². The van der Waals surface area contributed by atoms with Gasteiger partial charge in [-0.3, -0.25) is 9.69 Å². The van der Waals surface area contributed by atoms with Crippen LogP contribution in [-0.4, -0.2) is 41.8 Å². The minimum absolute atomic E-state index is 0.0555.